The molecule has 8 nitrogen and oxygen atoms in total. The van der Waals surface area contributed by atoms with E-state index < -0.39 is 0 Å². The van der Waals surface area contributed by atoms with Crippen molar-refractivity contribution >= 4 is 57.6 Å². The second-order valence-corrected chi connectivity index (χ2v) is 10.9. The van der Waals surface area contributed by atoms with Crippen LogP contribution < -0.4 is 20.3 Å². The third-order valence-electron chi connectivity index (χ3n) is 6.56. The molecule has 10 heteroatoms. The van der Waals surface area contributed by atoms with Gasteiger partial charge in [-0.05, 0) is 36.8 Å². The van der Waals surface area contributed by atoms with Crippen molar-refractivity contribution in [2.24, 2.45) is 11.8 Å². The van der Waals surface area contributed by atoms with Gasteiger partial charge in [0.2, 0.25) is 5.95 Å². The molecule has 0 saturated carbocycles. The molecule has 0 radical (unpaired) electrons. The predicted molar refractivity (Wildman–Crippen MR) is 147 cm³/mol. The van der Waals surface area contributed by atoms with Crippen LogP contribution in [0.15, 0.2) is 24.4 Å². The second kappa shape index (κ2) is 11.9. The molecule has 2 aliphatic rings. The molecule has 1 atom stereocenters. The molecule has 2 aliphatic heterocycles. The lowest BCUT2D eigenvalue weighted by Gasteiger charge is -2.34. The van der Waals surface area contributed by atoms with Crippen molar-refractivity contribution < 1.29 is 9.47 Å². The highest BCUT2D eigenvalue weighted by molar-refractivity contribution is 14.1. The van der Waals surface area contributed by atoms with Gasteiger partial charge in [-0.3, -0.25) is 0 Å². The second-order valence-electron chi connectivity index (χ2n) is 9.16. The van der Waals surface area contributed by atoms with Gasteiger partial charge in [0.1, 0.15) is 10.8 Å². The SMILES string of the molecule is COc1cc(N2CCN(I)CC2)ccc1Nc1ncc(Cl)c(N[C@H](C(C)C)C2CCOCC2)n1. The van der Waals surface area contributed by atoms with E-state index in [1.165, 1.54) is 0 Å². The number of hydrogen-bond donors (Lipinski definition) is 2. The number of aromatic nitrogens is 2. The average Bonchev–Trinajstić information content (AvgIpc) is 2.85. The van der Waals surface area contributed by atoms with E-state index in [1.54, 1.807) is 13.3 Å². The van der Waals surface area contributed by atoms with Crippen molar-refractivity contribution in [2.75, 3.05) is 62.0 Å². The summed E-state index contributed by atoms with van der Waals surface area (Å²) in [6.07, 6.45) is 3.73. The van der Waals surface area contributed by atoms with Gasteiger partial charge < -0.3 is 25.0 Å². The summed E-state index contributed by atoms with van der Waals surface area (Å²) in [5.74, 6) is 2.84. The topological polar surface area (TPSA) is 74.8 Å². The summed E-state index contributed by atoms with van der Waals surface area (Å²) in [6.45, 7) is 10.2. The summed E-state index contributed by atoms with van der Waals surface area (Å²) in [6, 6.07) is 6.47. The van der Waals surface area contributed by atoms with Crippen LogP contribution in [0.1, 0.15) is 26.7 Å². The van der Waals surface area contributed by atoms with E-state index >= 15 is 0 Å². The Balaban J connectivity index is 1.50. The highest BCUT2D eigenvalue weighted by Crippen LogP contribution is 2.33. The lowest BCUT2D eigenvalue weighted by molar-refractivity contribution is 0.0558. The first-order valence-electron chi connectivity index (χ1n) is 11.9. The molecule has 2 saturated heterocycles. The van der Waals surface area contributed by atoms with E-state index in [1.807, 2.05) is 6.07 Å². The summed E-state index contributed by atoms with van der Waals surface area (Å²) in [7, 11) is 1.68. The van der Waals surface area contributed by atoms with E-state index in [0.717, 1.165) is 69.4 Å². The highest BCUT2D eigenvalue weighted by atomic mass is 127. The highest BCUT2D eigenvalue weighted by Gasteiger charge is 2.27. The van der Waals surface area contributed by atoms with Crippen LogP contribution >= 0.6 is 34.5 Å². The number of rotatable bonds is 8. The average molecular weight is 601 g/mol. The predicted octanol–water partition coefficient (Wildman–Crippen LogP) is 5.22. The normalized spacial score (nSPS) is 18.7. The van der Waals surface area contributed by atoms with E-state index in [9.17, 15) is 0 Å². The molecule has 2 fully saturated rings. The number of nitrogens with zero attached hydrogens (tertiary/aromatic N) is 4. The molecular weight excluding hydrogens is 567 g/mol. The fourth-order valence-corrected chi connectivity index (χ4v) is 5.21. The standard InChI is InChI=1S/C24H34ClIN6O2/c1-16(2)22(17-6-12-34-13-7-17)29-23-19(25)15-27-24(30-23)28-20-5-4-18(14-21(20)33-3)31-8-10-32(26)11-9-31/h4-5,14-17,22H,6-13H2,1-3H3,(H2,27,28,29,30)/t22-/m1/s1. The molecule has 0 spiro atoms. The Hall–Kier alpha value is -1.56. The van der Waals surface area contributed by atoms with Crippen molar-refractivity contribution in [1.82, 2.24) is 13.1 Å². The van der Waals surface area contributed by atoms with Crippen molar-refractivity contribution in [1.29, 1.82) is 0 Å². The Bertz CT molecular complexity index is 951. The van der Waals surface area contributed by atoms with Gasteiger partial charge in [-0.15, -0.1) is 0 Å². The summed E-state index contributed by atoms with van der Waals surface area (Å²) in [4.78, 5) is 11.5. The molecule has 1 aromatic carbocycles. The van der Waals surface area contributed by atoms with Crippen LogP contribution in [0.2, 0.25) is 5.02 Å². The van der Waals surface area contributed by atoms with Crippen LogP contribution in [0.25, 0.3) is 0 Å². The minimum atomic E-state index is 0.265. The molecule has 0 bridgehead atoms. The lowest BCUT2D eigenvalue weighted by atomic mass is 9.85. The Morgan fingerprint density at radius 2 is 1.91 bits per heavy atom. The molecule has 2 aromatic rings. The first-order valence-corrected chi connectivity index (χ1v) is 13.3. The number of anilines is 4. The molecule has 1 aromatic heterocycles. The first-order chi connectivity index (χ1) is 16.4. The third-order valence-corrected chi connectivity index (χ3v) is 7.80. The van der Waals surface area contributed by atoms with E-state index in [4.69, 9.17) is 26.1 Å². The number of methoxy groups -OCH3 is 1. The van der Waals surface area contributed by atoms with Gasteiger partial charge in [-0.25, -0.2) is 8.10 Å². The molecule has 0 amide bonds. The van der Waals surface area contributed by atoms with Crippen LogP contribution in [-0.4, -0.2) is 65.6 Å². The summed E-state index contributed by atoms with van der Waals surface area (Å²) < 4.78 is 13.6. The zero-order valence-corrected chi connectivity index (χ0v) is 23.0. The van der Waals surface area contributed by atoms with Gasteiger partial charge in [-0.2, -0.15) is 4.98 Å². The number of piperazine rings is 1. The number of ether oxygens (including phenoxy) is 2. The largest absolute Gasteiger partial charge is 0.494 e. The number of halogens is 2. The van der Waals surface area contributed by atoms with E-state index in [2.05, 4.69) is 72.5 Å². The van der Waals surface area contributed by atoms with Gasteiger partial charge in [0, 0.05) is 80.1 Å². The maximum absolute atomic E-state index is 6.49. The summed E-state index contributed by atoms with van der Waals surface area (Å²) >= 11 is 8.87. The van der Waals surface area contributed by atoms with Crippen molar-refractivity contribution in [3.8, 4) is 5.75 Å². The molecule has 4 rings (SSSR count). The van der Waals surface area contributed by atoms with Gasteiger partial charge in [-0.1, -0.05) is 25.4 Å². The smallest absolute Gasteiger partial charge is 0.229 e. The minimum Gasteiger partial charge on any atom is -0.494 e. The molecule has 0 unspecified atom stereocenters. The number of hydrogen-bond acceptors (Lipinski definition) is 8. The van der Waals surface area contributed by atoms with Gasteiger partial charge in [0.25, 0.3) is 0 Å². The van der Waals surface area contributed by atoms with Gasteiger partial charge in [0.15, 0.2) is 5.82 Å². The third kappa shape index (κ3) is 6.35. The Kier molecular flexibility index (Phi) is 8.95. The molecular formula is C24H34ClIN6O2. The molecule has 34 heavy (non-hydrogen) atoms. The van der Waals surface area contributed by atoms with Crippen LogP contribution in [0.4, 0.5) is 23.1 Å². The first kappa shape index (κ1) is 25.5. The van der Waals surface area contributed by atoms with Crippen molar-refractivity contribution in [3.63, 3.8) is 0 Å². The van der Waals surface area contributed by atoms with Crippen LogP contribution in [0, 0.1) is 11.8 Å². The number of benzene rings is 1. The minimum absolute atomic E-state index is 0.265. The molecule has 3 heterocycles. The molecule has 2 N–H and O–H groups in total. The van der Waals surface area contributed by atoms with Gasteiger partial charge >= 0.3 is 0 Å². The summed E-state index contributed by atoms with van der Waals surface area (Å²) in [5.41, 5.74) is 1.97. The number of nitrogens with one attached hydrogen (secondary N) is 2. The van der Waals surface area contributed by atoms with Crippen molar-refractivity contribution in [3.05, 3.63) is 29.4 Å². The fourth-order valence-electron chi connectivity index (χ4n) is 4.63. The maximum Gasteiger partial charge on any atom is 0.229 e. The molecule has 186 valence electrons. The maximum atomic E-state index is 6.49. The zero-order chi connectivity index (χ0) is 24.1. The Morgan fingerprint density at radius 3 is 2.59 bits per heavy atom. The Morgan fingerprint density at radius 1 is 1.18 bits per heavy atom. The van der Waals surface area contributed by atoms with Crippen LogP contribution in [0.3, 0.4) is 0 Å². The Labute approximate surface area is 221 Å². The van der Waals surface area contributed by atoms with E-state index in [0.29, 0.717) is 28.6 Å². The quantitative estimate of drug-likeness (QED) is 0.316. The summed E-state index contributed by atoms with van der Waals surface area (Å²) in [5, 5.41) is 7.44. The van der Waals surface area contributed by atoms with Crippen LogP contribution in [-0.2, 0) is 4.74 Å². The van der Waals surface area contributed by atoms with Crippen molar-refractivity contribution in [2.45, 2.75) is 32.7 Å². The van der Waals surface area contributed by atoms with Gasteiger partial charge in [0.05, 0.1) is 19.0 Å². The fraction of sp³-hybridized carbons (Fsp3) is 0.583. The van der Waals surface area contributed by atoms with E-state index in [-0.39, 0.29) is 6.04 Å². The monoisotopic (exact) mass is 600 g/mol. The zero-order valence-electron chi connectivity index (χ0n) is 20.1. The van der Waals surface area contributed by atoms with Crippen LogP contribution in [0.5, 0.6) is 5.75 Å². The molecule has 0 aliphatic carbocycles. The lowest BCUT2D eigenvalue weighted by Crippen LogP contribution is -2.42.